The molecule has 0 fully saturated rings. The van der Waals surface area contributed by atoms with Gasteiger partial charge in [-0.3, -0.25) is 14.3 Å². The van der Waals surface area contributed by atoms with Crippen LogP contribution in [0.1, 0.15) is 50.5 Å². The number of hydrogen-bond donors (Lipinski definition) is 4. The van der Waals surface area contributed by atoms with Gasteiger partial charge in [0.15, 0.2) is 5.69 Å². The molecule has 0 bridgehead atoms. The Morgan fingerprint density at radius 2 is 1.84 bits per heavy atom. The number of aryl methyl sites for hydroxylation is 1. The highest BCUT2D eigenvalue weighted by molar-refractivity contribution is 6.06. The molecule has 0 saturated heterocycles. The maximum Gasteiger partial charge on any atom is 0.312 e. The molecular formula is C22H31N7O3. The van der Waals surface area contributed by atoms with E-state index >= 15 is 0 Å². The molecule has 1 unspecified atom stereocenters. The van der Waals surface area contributed by atoms with Crippen molar-refractivity contribution >= 4 is 28.7 Å². The van der Waals surface area contributed by atoms with Crippen LogP contribution in [0.4, 0.5) is 4.79 Å². The van der Waals surface area contributed by atoms with Gasteiger partial charge >= 0.3 is 6.03 Å². The Hall–Kier alpha value is -3.61. The van der Waals surface area contributed by atoms with Crippen LogP contribution in [-0.2, 0) is 11.3 Å². The molecule has 0 aliphatic heterocycles. The monoisotopic (exact) mass is 441 g/mol. The quantitative estimate of drug-likeness (QED) is 0.413. The van der Waals surface area contributed by atoms with Crippen LogP contribution in [0.25, 0.3) is 10.9 Å². The Bertz CT molecular complexity index is 1000. The molecule has 10 heteroatoms. The summed E-state index contributed by atoms with van der Waals surface area (Å²) in [7, 11) is 0. The molecule has 0 saturated carbocycles. The highest BCUT2D eigenvalue weighted by atomic mass is 16.2. The Labute approximate surface area is 187 Å². The number of benzene rings is 1. The third-order valence-electron chi connectivity index (χ3n) is 4.91. The van der Waals surface area contributed by atoms with Crippen molar-refractivity contribution in [3.8, 4) is 6.07 Å². The average molecular weight is 442 g/mol. The number of unbranched alkanes of at least 4 members (excludes halogenated alkanes) is 2. The molecular weight excluding hydrogens is 410 g/mol. The summed E-state index contributed by atoms with van der Waals surface area (Å²) in [6.07, 6.45) is 2.00. The standard InChI is InChI=1S/C22H31N7O3/c1-22(2,3)18(20(31)25-12-13-26-21(24)32)27-19(30)17-15-9-5-6-10-16(15)29(28-17)14-8-4-7-11-23/h5-6,9-10,18H,4,7-8,12-14H2,1-3H3,(H,25,31)(H,27,30)(H3,24,26,32). The maximum absolute atomic E-state index is 13.1. The summed E-state index contributed by atoms with van der Waals surface area (Å²) in [5.74, 6) is -0.806. The number of nitriles is 1. The first-order valence-electron chi connectivity index (χ1n) is 10.6. The van der Waals surface area contributed by atoms with Crippen LogP contribution in [0.3, 0.4) is 0 Å². The van der Waals surface area contributed by atoms with E-state index in [9.17, 15) is 14.4 Å². The number of hydrogen-bond acceptors (Lipinski definition) is 5. The molecule has 2 rings (SSSR count). The van der Waals surface area contributed by atoms with Gasteiger partial charge in [0, 0.05) is 31.4 Å². The fraction of sp³-hybridized carbons (Fsp3) is 0.500. The number of nitrogens with two attached hydrogens (primary N) is 1. The van der Waals surface area contributed by atoms with E-state index < -0.39 is 23.4 Å². The predicted octanol–water partition coefficient (Wildman–Crippen LogP) is 1.66. The molecule has 0 aliphatic rings. The number of aromatic nitrogens is 2. The van der Waals surface area contributed by atoms with Gasteiger partial charge in [-0.2, -0.15) is 10.4 Å². The SMILES string of the molecule is CC(C)(C)C(NC(=O)c1nn(CCCCC#N)c2ccccc12)C(=O)NCCNC(N)=O. The Morgan fingerprint density at radius 1 is 1.16 bits per heavy atom. The van der Waals surface area contributed by atoms with Crippen LogP contribution in [-0.4, -0.2) is 46.8 Å². The number of urea groups is 1. The van der Waals surface area contributed by atoms with Crippen LogP contribution in [0, 0.1) is 16.7 Å². The zero-order valence-electron chi connectivity index (χ0n) is 18.8. The molecule has 172 valence electrons. The number of primary amides is 1. The molecule has 10 nitrogen and oxygen atoms in total. The largest absolute Gasteiger partial charge is 0.353 e. The number of fused-ring (bicyclic) bond motifs is 1. The Kier molecular flexibility index (Phi) is 8.58. The first-order chi connectivity index (χ1) is 15.1. The number of carbonyl (C=O) groups excluding carboxylic acids is 3. The van der Waals surface area contributed by atoms with Gasteiger partial charge in [0.1, 0.15) is 6.04 Å². The van der Waals surface area contributed by atoms with E-state index in [1.807, 2.05) is 45.0 Å². The van der Waals surface area contributed by atoms with E-state index in [2.05, 4.69) is 27.1 Å². The Balaban J connectivity index is 2.18. The average Bonchev–Trinajstić information content (AvgIpc) is 3.10. The molecule has 1 aromatic carbocycles. The van der Waals surface area contributed by atoms with Gasteiger partial charge in [-0.1, -0.05) is 39.0 Å². The van der Waals surface area contributed by atoms with Crippen LogP contribution in [0.5, 0.6) is 0 Å². The second kappa shape index (κ2) is 11.1. The molecule has 0 radical (unpaired) electrons. The lowest BCUT2D eigenvalue weighted by Gasteiger charge is -2.30. The minimum Gasteiger partial charge on any atom is -0.353 e. The Morgan fingerprint density at radius 3 is 2.50 bits per heavy atom. The van der Waals surface area contributed by atoms with Gasteiger partial charge in [0.2, 0.25) is 5.91 Å². The summed E-state index contributed by atoms with van der Waals surface area (Å²) in [4.78, 5) is 36.7. The third kappa shape index (κ3) is 6.70. The lowest BCUT2D eigenvalue weighted by Crippen LogP contribution is -2.54. The fourth-order valence-electron chi connectivity index (χ4n) is 3.28. The number of nitrogens with one attached hydrogen (secondary N) is 3. The lowest BCUT2D eigenvalue weighted by molar-refractivity contribution is -0.125. The molecule has 0 aliphatic carbocycles. The number of nitrogens with zero attached hydrogens (tertiary/aromatic N) is 3. The number of rotatable bonds is 10. The first-order valence-corrected chi connectivity index (χ1v) is 10.6. The molecule has 1 heterocycles. The van der Waals surface area contributed by atoms with E-state index in [0.717, 1.165) is 18.4 Å². The molecule has 1 aromatic heterocycles. The summed E-state index contributed by atoms with van der Waals surface area (Å²) in [5.41, 5.74) is 5.53. The van der Waals surface area contributed by atoms with Gasteiger partial charge < -0.3 is 21.7 Å². The van der Waals surface area contributed by atoms with Gasteiger partial charge in [-0.05, 0) is 24.3 Å². The zero-order valence-corrected chi connectivity index (χ0v) is 18.8. The highest BCUT2D eigenvalue weighted by Crippen LogP contribution is 2.22. The summed E-state index contributed by atoms with van der Waals surface area (Å²) in [6, 6.07) is 8.07. The molecule has 0 spiro atoms. The predicted molar refractivity (Wildman–Crippen MR) is 121 cm³/mol. The van der Waals surface area contributed by atoms with Crippen molar-refractivity contribution in [2.24, 2.45) is 11.1 Å². The van der Waals surface area contributed by atoms with Gasteiger partial charge in [0.05, 0.1) is 11.6 Å². The van der Waals surface area contributed by atoms with Crippen molar-refractivity contribution in [3.63, 3.8) is 0 Å². The summed E-state index contributed by atoms with van der Waals surface area (Å²) in [6.45, 7) is 6.52. The van der Waals surface area contributed by atoms with Crippen LogP contribution in [0.2, 0.25) is 0 Å². The lowest BCUT2D eigenvalue weighted by atomic mass is 9.86. The van der Waals surface area contributed by atoms with Gasteiger partial charge in [-0.15, -0.1) is 0 Å². The smallest absolute Gasteiger partial charge is 0.312 e. The minimum absolute atomic E-state index is 0.185. The summed E-state index contributed by atoms with van der Waals surface area (Å²) < 4.78 is 1.77. The van der Waals surface area contributed by atoms with E-state index in [0.29, 0.717) is 18.4 Å². The first kappa shape index (κ1) is 24.7. The number of para-hydroxylation sites is 1. The number of amides is 4. The fourth-order valence-corrected chi connectivity index (χ4v) is 3.28. The van der Waals surface area contributed by atoms with Crippen molar-refractivity contribution in [1.29, 1.82) is 5.26 Å². The van der Waals surface area contributed by atoms with Crippen LogP contribution < -0.4 is 21.7 Å². The number of carbonyl (C=O) groups is 3. The van der Waals surface area contributed by atoms with Gasteiger partial charge in [-0.25, -0.2) is 4.79 Å². The van der Waals surface area contributed by atoms with Crippen molar-refractivity contribution in [2.75, 3.05) is 13.1 Å². The second-order valence-electron chi connectivity index (χ2n) is 8.56. The minimum atomic E-state index is -0.817. The van der Waals surface area contributed by atoms with Crippen molar-refractivity contribution < 1.29 is 14.4 Å². The topological polar surface area (TPSA) is 155 Å². The van der Waals surface area contributed by atoms with Crippen molar-refractivity contribution in [3.05, 3.63) is 30.0 Å². The van der Waals surface area contributed by atoms with E-state index in [-0.39, 0.29) is 24.7 Å². The van der Waals surface area contributed by atoms with E-state index in [4.69, 9.17) is 11.0 Å². The second-order valence-corrected chi connectivity index (χ2v) is 8.56. The van der Waals surface area contributed by atoms with Crippen molar-refractivity contribution in [1.82, 2.24) is 25.7 Å². The third-order valence-corrected chi connectivity index (χ3v) is 4.91. The van der Waals surface area contributed by atoms with E-state index in [1.54, 1.807) is 4.68 Å². The summed E-state index contributed by atoms with van der Waals surface area (Å²) >= 11 is 0. The maximum atomic E-state index is 13.1. The molecule has 5 N–H and O–H groups in total. The zero-order chi connectivity index (χ0) is 23.7. The normalized spacial score (nSPS) is 12.1. The molecule has 4 amide bonds. The molecule has 32 heavy (non-hydrogen) atoms. The van der Waals surface area contributed by atoms with Crippen LogP contribution >= 0.6 is 0 Å². The van der Waals surface area contributed by atoms with E-state index in [1.165, 1.54) is 0 Å². The highest BCUT2D eigenvalue weighted by Gasteiger charge is 2.33. The van der Waals surface area contributed by atoms with Crippen molar-refractivity contribution in [2.45, 2.75) is 52.6 Å². The molecule has 2 aromatic rings. The van der Waals surface area contributed by atoms with Gasteiger partial charge in [0.25, 0.3) is 5.91 Å². The summed E-state index contributed by atoms with van der Waals surface area (Å²) in [5, 5.41) is 21.8. The molecule has 1 atom stereocenters. The van der Waals surface area contributed by atoms with Crippen LogP contribution in [0.15, 0.2) is 24.3 Å².